The topological polar surface area (TPSA) is 78.9 Å². The molecular formula is C77H128O6. The number of hydrogen-bond acceptors (Lipinski definition) is 6. The second-order valence-corrected chi connectivity index (χ2v) is 22.7. The van der Waals surface area contributed by atoms with Crippen molar-refractivity contribution < 1.29 is 28.6 Å². The predicted octanol–water partition coefficient (Wildman–Crippen LogP) is 24.1. The molecule has 0 saturated carbocycles. The highest BCUT2D eigenvalue weighted by atomic mass is 16.6. The molecule has 0 fully saturated rings. The van der Waals surface area contributed by atoms with Gasteiger partial charge in [0, 0.05) is 19.3 Å². The molecule has 472 valence electrons. The van der Waals surface area contributed by atoms with Crippen LogP contribution < -0.4 is 0 Å². The lowest BCUT2D eigenvalue weighted by Gasteiger charge is -2.18. The minimum atomic E-state index is -0.795. The molecule has 0 aromatic rings. The standard InChI is InChI=1S/C77H128O6/c1-4-7-10-13-16-19-22-25-28-30-32-33-34-35-36-37-38-39-40-41-42-43-45-46-49-52-55-58-61-64-67-70-76(79)82-73-74(72-81-75(78)69-66-63-60-57-54-51-48-27-24-21-18-15-12-9-6-3)83-77(80)71-68-65-62-59-56-53-50-47-44-31-29-26-23-20-17-14-11-8-5-2/h7-8,10-11,16-17,19-20,25-29,32-33,35-36,38-39,44,47-48,74H,4-6,9,12-15,18,21-24,30-31,34,37,40-43,45-46,49-73H2,1-3H3/b10-7-,11-8-,19-16-,20-17-,28-25-,29-26-,33-32-,36-35-,39-38-,47-44-,48-27-. The van der Waals surface area contributed by atoms with E-state index in [-0.39, 0.29) is 31.1 Å². The Morgan fingerprint density at radius 3 is 0.747 bits per heavy atom. The van der Waals surface area contributed by atoms with Gasteiger partial charge in [0.1, 0.15) is 13.2 Å². The molecule has 6 nitrogen and oxygen atoms in total. The zero-order chi connectivity index (χ0) is 59.9. The van der Waals surface area contributed by atoms with E-state index in [1.54, 1.807) is 0 Å². The van der Waals surface area contributed by atoms with Crippen LogP contribution in [0.1, 0.15) is 316 Å². The van der Waals surface area contributed by atoms with Crippen LogP contribution in [0.15, 0.2) is 134 Å². The van der Waals surface area contributed by atoms with Gasteiger partial charge < -0.3 is 14.2 Å². The van der Waals surface area contributed by atoms with Gasteiger partial charge in [-0.05, 0) is 135 Å². The number of esters is 3. The number of hydrogen-bond donors (Lipinski definition) is 0. The van der Waals surface area contributed by atoms with E-state index >= 15 is 0 Å². The van der Waals surface area contributed by atoms with E-state index in [1.807, 2.05) is 0 Å². The summed E-state index contributed by atoms with van der Waals surface area (Å²) in [6.07, 6.45) is 98.9. The summed E-state index contributed by atoms with van der Waals surface area (Å²) in [7, 11) is 0. The van der Waals surface area contributed by atoms with Crippen LogP contribution in [0.2, 0.25) is 0 Å². The van der Waals surface area contributed by atoms with Crippen LogP contribution in [-0.2, 0) is 28.6 Å². The van der Waals surface area contributed by atoms with Crippen molar-refractivity contribution >= 4 is 17.9 Å². The van der Waals surface area contributed by atoms with Crippen LogP contribution in [0.3, 0.4) is 0 Å². The zero-order valence-electron chi connectivity index (χ0n) is 54.2. The Morgan fingerprint density at radius 1 is 0.253 bits per heavy atom. The van der Waals surface area contributed by atoms with Gasteiger partial charge in [0.2, 0.25) is 0 Å². The second-order valence-electron chi connectivity index (χ2n) is 22.7. The number of rotatable bonds is 62. The molecule has 0 rings (SSSR count). The number of ether oxygens (including phenoxy) is 3. The lowest BCUT2D eigenvalue weighted by molar-refractivity contribution is -0.167. The summed E-state index contributed by atoms with van der Waals surface area (Å²) < 4.78 is 17.0. The molecule has 83 heavy (non-hydrogen) atoms. The lowest BCUT2D eigenvalue weighted by atomic mass is 10.0. The summed E-state index contributed by atoms with van der Waals surface area (Å²) >= 11 is 0. The number of unbranched alkanes of at least 4 members (excludes halogenated alkanes) is 29. The maximum atomic E-state index is 12.9. The molecule has 0 aromatic carbocycles. The van der Waals surface area contributed by atoms with Gasteiger partial charge in [-0.1, -0.05) is 296 Å². The van der Waals surface area contributed by atoms with Crippen molar-refractivity contribution in [2.45, 2.75) is 322 Å². The van der Waals surface area contributed by atoms with Gasteiger partial charge in [-0.15, -0.1) is 0 Å². The molecule has 0 heterocycles. The normalized spacial score (nSPS) is 13.0. The van der Waals surface area contributed by atoms with E-state index in [9.17, 15) is 14.4 Å². The molecule has 0 N–H and O–H groups in total. The highest BCUT2D eigenvalue weighted by molar-refractivity contribution is 5.71. The zero-order valence-corrected chi connectivity index (χ0v) is 54.2. The van der Waals surface area contributed by atoms with Crippen LogP contribution in [0.5, 0.6) is 0 Å². The van der Waals surface area contributed by atoms with E-state index in [4.69, 9.17) is 14.2 Å². The molecule has 0 aliphatic heterocycles. The van der Waals surface area contributed by atoms with Crippen LogP contribution in [-0.4, -0.2) is 37.2 Å². The van der Waals surface area contributed by atoms with Gasteiger partial charge >= 0.3 is 17.9 Å². The molecule has 0 radical (unpaired) electrons. The van der Waals surface area contributed by atoms with Gasteiger partial charge in [0.15, 0.2) is 6.10 Å². The summed E-state index contributed by atoms with van der Waals surface area (Å²) in [6.45, 7) is 6.41. The van der Waals surface area contributed by atoms with Gasteiger partial charge in [-0.25, -0.2) is 0 Å². The Balaban J connectivity index is 4.32. The van der Waals surface area contributed by atoms with Crippen LogP contribution in [0.4, 0.5) is 0 Å². The van der Waals surface area contributed by atoms with Gasteiger partial charge in [0.05, 0.1) is 0 Å². The first-order chi connectivity index (χ1) is 41.0. The van der Waals surface area contributed by atoms with Gasteiger partial charge in [-0.3, -0.25) is 14.4 Å². The summed E-state index contributed by atoms with van der Waals surface area (Å²) in [5.41, 5.74) is 0. The molecule has 0 aliphatic rings. The van der Waals surface area contributed by atoms with E-state index in [2.05, 4.69) is 154 Å². The number of allylic oxidation sites excluding steroid dienone is 22. The minimum Gasteiger partial charge on any atom is -0.462 e. The minimum absolute atomic E-state index is 0.0893. The Morgan fingerprint density at radius 2 is 0.470 bits per heavy atom. The first kappa shape index (κ1) is 78.5. The fraction of sp³-hybridized carbons (Fsp3) is 0.675. The molecule has 0 aromatic heterocycles. The largest absolute Gasteiger partial charge is 0.462 e. The SMILES string of the molecule is CC/C=C\C/C=C\C/C=C\C/C=C\C/C=C\C/C=C\CCCCCCCCCCCCCCC(=O)OCC(COC(=O)CCCCCCC/C=C\CCCCCCCC)OC(=O)CCCCCCCC/C=C\C/C=C\C/C=C\C/C=C\CC. The second kappa shape index (κ2) is 70.0. The third kappa shape index (κ3) is 68.2. The van der Waals surface area contributed by atoms with Crippen molar-refractivity contribution in [2.24, 2.45) is 0 Å². The molecule has 0 spiro atoms. The average molecular weight is 1150 g/mol. The summed E-state index contributed by atoms with van der Waals surface area (Å²) in [5.74, 6) is -0.906. The van der Waals surface area contributed by atoms with Gasteiger partial charge in [-0.2, -0.15) is 0 Å². The van der Waals surface area contributed by atoms with Crippen molar-refractivity contribution in [2.75, 3.05) is 13.2 Å². The Kier molecular flexibility index (Phi) is 66.3. The summed E-state index contributed by atoms with van der Waals surface area (Å²) in [4.78, 5) is 38.4. The van der Waals surface area contributed by atoms with E-state index in [1.165, 1.54) is 135 Å². The maximum Gasteiger partial charge on any atom is 0.306 e. The molecular weight excluding hydrogens is 1020 g/mol. The molecule has 0 saturated heterocycles. The van der Waals surface area contributed by atoms with Crippen LogP contribution in [0, 0.1) is 0 Å². The Bertz CT molecular complexity index is 1750. The Hall–Kier alpha value is -4.45. The van der Waals surface area contributed by atoms with E-state index in [0.717, 1.165) is 141 Å². The monoisotopic (exact) mass is 1150 g/mol. The van der Waals surface area contributed by atoms with Crippen LogP contribution in [0.25, 0.3) is 0 Å². The maximum absolute atomic E-state index is 12.9. The van der Waals surface area contributed by atoms with E-state index in [0.29, 0.717) is 19.3 Å². The fourth-order valence-corrected chi connectivity index (χ4v) is 9.49. The highest BCUT2D eigenvalue weighted by Crippen LogP contribution is 2.16. The van der Waals surface area contributed by atoms with Crippen molar-refractivity contribution in [3.8, 4) is 0 Å². The Labute approximate surface area is 513 Å². The smallest absolute Gasteiger partial charge is 0.306 e. The molecule has 0 amide bonds. The number of carbonyl (C=O) groups excluding carboxylic acids is 3. The lowest BCUT2D eigenvalue weighted by Crippen LogP contribution is -2.30. The molecule has 0 bridgehead atoms. The summed E-state index contributed by atoms with van der Waals surface area (Å²) in [6, 6.07) is 0. The van der Waals surface area contributed by atoms with Crippen molar-refractivity contribution in [3.63, 3.8) is 0 Å². The molecule has 1 atom stereocenters. The first-order valence-corrected chi connectivity index (χ1v) is 34.7. The van der Waals surface area contributed by atoms with Crippen LogP contribution >= 0.6 is 0 Å². The van der Waals surface area contributed by atoms with Crippen molar-refractivity contribution in [1.82, 2.24) is 0 Å². The fourth-order valence-electron chi connectivity index (χ4n) is 9.49. The molecule has 6 heteroatoms. The van der Waals surface area contributed by atoms with Crippen molar-refractivity contribution in [1.29, 1.82) is 0 Å². The quantitative estimate of drug-likeness (QED) is 0.0261. The van der Waals surface area contributed by atoms with Gasteiger partial charge in [0.25, 0.3) is 0 Å². The predicted molar refractivity (Wildman–Crippen MR) is 362 cm³/mol. The van der Waals surface area contributed by atoms with Crippen molar-refractivity contribution in [3.05, 3.63) is 134 Å². The highest BCUT2D eigenvalue weighted by Gasteiger charge is 2.19. The molecule has 1 unspecified atom stereocenters. The third-order valence-corrected chi connectivity index (χ3v) is 14.6. The first-order valence-electron chi connectivity index (χ1n) is 34.7. The van der Waals surface area contributed by atoms with E-state index < -0.39 is 6.10 Å². The number of carbonyl (C=O) groups is 3. The summed E-state index contributed by atoms with van der Waals surface area (Å²) in [5, 5.41) is 0. The molecule has 0 aliphatic carbocycles. The average Bonchev–Trinajstić information content (AvgIpc) is 3.49. The third-order valence-electron chi connectivity index (χ3n) is 14.6.